The third-order valence-corrected chi connectivity index (χ3v) is 3.13. The van der Waals surface area contributed by atoms with Crippen molar-refractivity contribution in [1.29, 1.82) is 0 Å². The molecule has 0 aromatic carbocycles. The Morgan fingerprint density at radius 2 is 1.93 bits per heavy atom. The van der Waals surface area contributed by atoms with Gasteiger partial charge in [-0.15, -0.1) is 0 Å². The minimum absolute atomic E-state index is 0.536. The topological polar surface area (TPSA) is 12.4 Å². The molecule has 3 aliphatic rings. The molecule has 0 radical (unpaired) electrons. The van der Waals surface area contributed by atoms with E-state index in [9.17, 15) is 0 Å². The molecule has 2 aliphatic carbocycles. The quantitative estimate of drug-likeness (QED) is 0.512. The predicted octanol–water partition coefficient (Wildman–Crippen LogP) is 3.03. The highest BCUT2D eigenvalue weighted by molar-refractivity contribution is 6.05. The van der Waals surface area contributed by atoms with E-state index in [1.54, 1.807) is 0 Å². The molecule has 0 N–H and O–H groups in total. The molecule has 1 heteroatoms. The average Bonchev–Trinajstić information content (AvgIpc) is 2.29. The fourth-order valence-corrected chi connectivity index (χ4v) is 2.38. The van der Waals surface area contributed by atoms with Crippen LogP contribution in [0.2, 0.25) is 0 Å². The first-order valence-electron chi connectivity index (χ1n) is 5.23. The monoisotopic (exact) mass is 183 g/mol. The van der Waals surface area contributed by atoms with Crippen LogP contribution in [0.4, 0.5) is 0 Å². The summed E-state index contributed by atoms with van der Waals surface area (Å²) in [6, 6.07) is 0. The molecule has 0 fully saturated rings. The van der Waals surface area contributed by atoms with Crippen LogP contribution in [0, 0.1) is 11.8 Å². The van der Waals surface area contributed by atoms with Crippen molar-refractivity contribution in [3.63, 3.8) is 0 Å². The molecule has 0 saturated heterocycles. The molecule has 0 spiro atoms. The molecular formula is C13H13N. The van der Waals surface area contributed by atoms with Crippen LogP contribution in [-0.2, 0) is 0 Å². The van der Waals surface area contributed by atoms with E-state index in [2.05, 4.69) is 41.4 Å². The van der Waals surface area contributed by atoms with E-state index in [4.69, 9.17) is 0 Å². The van der Waals surface area contributed by atoms with Gasteiger partial charge in [-0.25, -0.2) is 0 Å². The standard InChI is InChI=1S/C13H13N/c1-2-6-12-10(4-1)7-8-11-5-3-9-14-13(11)12/h1-3,6-11H,4-5H2. The lowest BCUT2D eigenvalue weighted by Gasteiger charge is -2.29. The number of fused-ring (bicyclic) bond motifs is 3. The van der Waals surface area contributed by atoms with E-state index in [0.29, 0.717) is 11.8 Å². The van der Waals surface area contributed by atoms with Crippen LogP contribution in [-0.4, -0.2) is 5.71 Å². The second kappa shape index (κ2) is 3.09. The van der Waals surface area contributed by atoms with E-state index in [1.165, 1.54) is 11.3 Å². The lowest BCUT2D eigenvalue weighted by molar-refractivity contribution is 0.727. The van der Waals surface area contributed by atoms with Crippen LogP contribution in [0.3, 0.4) is 0 Å². The largest absolute Gasteiger partial charge is 0.261 e. The molecule has 0 saturated carbocycles. The Labute approximate surface area is 84.2 Å². The Bertz CT molecular complexity index is 355. The van der Waals surface area contributed by atoms with Crippen molar-refractivity contribution in [2.24, 2.45) is 16.8 Å². The normalized spacial score (nSPS) is 33.1. The Balaban J connectivity index is 2.09. The van der Waals surface area contributed by atoms with Gasteiger partial charge < -0.3 is 0 Å². The van der Waals surface area contributed by atoms with E-state index in [0.717, 1.165) is 12.8 Å². The number of nitrogens with zero attached hydrogens (tertiary/aromatic N) is 1. The molecule has 2 atom stereocenters. The van der Waals surface area contributed by atoms with Gasteiger partial charge >= 0.3 is 0 Å². The van der Waals surface area contributed by atoms with Crippen molar-refractivity contribution in [1.82, 2.24) is 0 Å². The maximum absolute atomic E-state index is 4.52. The molecule has 3 rings (SSSR count). The number of hydrogen-bond acceptors (Lipinski definition) is 1. The van der Waals surface area contributed by atoms with E-state index < -0.39 is 0 Å². The van der Waals surface area contributed by atoms with Crippen molar-refractivity contribution in [2.75, 3.05) is 0 Å². The molecule has 0 aromatic rings. The van der Waals surface area contributed by atoms with Gasteiger partial charge in [-0.05, 0) is 18.4 Å². The fraction of sp³-hybridized carbons (Fsp3) is 0.308. The zero-order valence-electron chi connectivity index (χ0n) is 8.06. The Morgan fingerprint density at radius 1 is 1.07 bits per heavy atom. The van der Waals surface area contributed by atoms with Gasteiger partial charge in [0, 0.05) is 18.0 Å². The van der Waals surface area contributed by atoms with E-state index in [-0.39, 0.29) is 0 Å². The Hall–Kier alpha value is -1.37. The number of hydrogen-bond donors (Lipinski definition) is 0. The summed E-state index contributed by atoms with van der Waals surface area (Å²) in [6.45, 7) is 0. The van der Waals surface area contributed by atoms with Gasteiger partial charge in [0.05, 0.1) is 5.71 Å². The Kier molecular flexibility index (Phi) is 1.76. The highest BCUT2D eigenvalue weighted by Crippen LogP contribution is 2.33. The van der Waals surface area contributed by atoms with E-state index in [1.807, 2.05) is 6.20 Å². The lowest BCUT2D eigenvalue weighted by Crippen LogP contribution is -2.25. The van der Waals surface area contributed by atoms with Crippen molar-refractivity contribution >= 4 is 5.71 Å². The molecule has 0 amide bonds. The van der Waals surface area contributed by atoms with Crippen LogP contribution in [0.15, 0.2) is 53.2 Å². The number of aliphatic imine (C=N–C) groups is 1. The van der Waals surface area contributed by atoms with Crippen LogP contribution >= 0.6 is 0 Å². The maximum atomic E-state index is 4.52. The highest BCUT2D eigenvalue weighted by Gasteiger charge is 2.27. The SMILES string of the molecule is C1=CCC2C=CC3CC=CN=C3C2=C1. The third kappa shape index (κ3) is 1.12. The van der Waals surface area contributed by atoms with Crippen LogP contribution in [0.25, 0.3) is 0 Å². The summed E-state index contributed by atoms with van der Waals surface area (Å²) >= 11 is 0. The summed E-state index contributed by atoms with van der Waals surface area (Å²) in [5, 5.41) is 0. The molecule has 1 aliphatic heterocycles. The first-order valence-corrected chi connectivity index (χ1v) is 5.23. The minimum atomic E-state index is 0.536. The zero-order chi connectivity index (χ0) is 9.38. The highest BCUT2D eigenvalue weighted by atomic mass is 14.7. The van der Waals surface area contributed by atoms with Gasteiger partial charge in [0.25, 0.3) is 0 Å². The van der Waals surface area contributed by atoms with Gasteiger partial charge in [0.1, 0.15) is 0 Å². The smallest absolute Gasteiger partial charge is 0.0513 e. The number of allylic oxidation sites excluding steroid dienone is 7. The molecule has 0 aromatic heterocycles. The number of rotatable bonds is 0. The molecule has 0 bridgehead atoms. The third-order valence-electron chi connectivity index (χ3n) is 3.13. The lowest BCUT2D eigenvalue weighted by atomic mass is 9.77. The van der Waals surface area contributed by atoms with Crippen molar-refractivity contribution in [3.05, 3.63) is 48.2 Å². The second-order valence-electron chi connectivity index (χ2n) is 4.02. The summed E-state index contributed by atoms with van der Waals surface area (Å²) in [7, 11) is 0. The molecule has 14 heavy (non-hydrogen) atoms. The van der Waals surface area contributed by atoms with Gasteiger partial charge in [-0.2, -0.15) is 0 Å². The minimum Gasteiger partial charge on any atom is -0.261 e. The summed E-state index contributed by atoms with van der Waals surface area (Å²) in [5.41, 5.74) is 2.73. The first kappa shape index (κ1) is 7.98. The molecular weight excluding hydrogens is 170 g/mol. The van der Waals surface area contributed by atoms with Crippen LogP contribution < -0.4 is 0 Å². The summed E-state index contributed by atoms with van der Waals surface area (Å²) in [6.07, 6.45) is 17.6. The second-order valence-corrected chi connectivity index (χ2v) is 4.02. The predicted molar refractivity (Wildman–Crippen MR) is 59.2 cm³/mol. The molecule has 1 nitrogen and oxygen atoms in total. The van der Waals surface area contributed by atoms with Gasteiger partial charge in [0.2, 0.25) is 0 Å². The van der Waals surface area contributed by atoms with Gasteiger partial charge in [0.15, 0.2) is 0 Å². The molecule has 70 valence electrons. The summed E-state index contributed by atoms with van der Waals surface area (Å²) < 4.78 is 0. The summed E-state index contributed by atoms with van der Waals surface area (Å²) in [5.74, 6) is 1.12. The van der Waals surface area contributed by atoms with Gasteiger partial charge in [-0.3, -0.25) is 4.99 Å². The maximum Gasteiger partial charge on any atom is 0.0513 e. The molecule has 2 unspecified atom stereocenters. The van der Waals surface area contributed by atoms with E-state index >= 15 is 0 Å². The van der Waals surface area contributed by atoms with Crippen molar-refractivity contribution in [2.45, 2.75) is 12.8 Å². The Morgan fingerprint density at radius 3 is 2.93 bits per heavy atom. The van der Waals surface area contributed by atoms with Crippen molar-refractivity contribution < 1.29 is 0 Å². The molecule has 1 heterocycles. The summed E-state index contributed by atoms with van der Waals surface area (Å²) in [4.78, 5) is 4.52. The van der Waals surface area contributed by atoms with Crippen LogP contribution in [0.5, 0.6) is 0 Å². The first-order chi connectivity index (χ1) is 6.95. The van der Waals surface area contributed by atoms with Crippen LogP contribution in [0.1, 0.15) is 12.8 Å². The average molecular weight is 183 g/mol. The van der Waals surface area contributed by atoms with Gasteiger partial charge in [-0.1, -0.05) is 36.5 Å². The zero-order valence-corrected chi connectivity index (χ0v) is 8.06. The van der Waals surface area contributed by atoms with Crippen molar-refractivity contribution in [3.8, 4) is 0 Å². The fourth-order valence-electron chi connectivity index (χ4n) is 2.38.